The first-order chi connectivity index (χ1) is 18.2. The Balaban J connectivity index is 1.71. The van der Waals surface area contributed by atoms with Gasteiger partial charge in [-0.15, -0.1) is 10.2 Å². The summed E-state index contributed by atoms with van der Waals surface area (Å²) >= 11 is 0. The van der Waals surface area contributed by atoms with Gasteiger partial charge in [0.05, 0.1) is 16.6 Å². The normalized spacial score (nSPS) is 11.9. The molecule has 0 unspecified atom stereocenters. The SMILES string of the molecule is Cc1ccc(-n2c(O)c(N=Nc3c(C(=O)O)cccc3-c3ccccc3)c3ccccc32)cc1C(F)(F)F. The van der Waals surface area contributed by atoms with Gasteiger partial charge in [0.25, 0.3) is 0 Å². The minimum absolute atomic E-state index is 0.00561. The largest absolute Gasteiger partial charge is 0.493 e. The average molecular weight is 515 g/mol. The van der Waals surface area contributed by atoms with E-state index in [0.717, 1.165) is 11.6 Å². The zero-order valence-corrected chi connectivity index (χ0v) is 19.9. The monoisotopic (exact) mass is 515 g/mol. The molecule has 2 N–H and O–H groups in total. The lowest BCUT2D eigenvalue weighted by molar-refractivity contribution is -0.138. The highest BCUT2D eigenvalue weighted by molar-refractivity contribution is 5.99. The number of aromatic hydroxyl groups is 1. The molecule has 0 spiro atoms. The van der Waals surface area contributed by atoms with Crippen molar-refractivity contribution in [3.63, 3.8) is 0 Å². The van der Waals surface area contributed by atoms with Crippen LogP contribution in [0, 0.1) is 6.92 Å². The molecule has 1 heterocycles. The minimum Gasteiger partial charge on any atom is -0.493 e. The highest BCUT2D eigenvalue weighted by Gasteiger charge is 2.33. The van der Waals surface area contributed by atoms with Gasteiger partial charge >= 0.3 is 12.1 Å². The molecule has 0 radical (unpaired) electrons. The Morgan fingerprint density at radius 3 is 2.24 bits per heavy atom. The number of aromatic carboxylic acids is 1. The number of nitrogens with zero attached hydrogens (tertiary/aromatic N) is 3. The average Bonchev–Trinajstić information content (AvgIpc) is 3.18. The Labute approximate surface area is 214 Å². The van der Waals surface area contributed by atoms with Crippen LogP contribution in [0.5, 0.6) is 5.88 Å². The first kappa shape index (κ1) is 24.8. The molecule has 0 bridgehead atoms. The fourth-order valence-corrected chi connectivity index (χ4v) is 4.40. The number of fused-ring (bicyclic) bond motifs is 1. The number of carboxylic acid groups (broad SMARTS) is 1. The van der Waals surface area contributed by atoms with Gasteiger partial charge in [-0.1, -0.05) is 66.7 Å². The van der Waals surface area contributed by atoms with Gasteiger partial charge in [-0.05, 0) is 42.3 Å². The van der Waals surface area contributed by atoms with Gasteiger partial charge < -0.3 is 10.2 Å². The summed E-state index contributed by atoms with van der Waals surface area (Å²) < 4.78 is 42.1. The van der Waals surface area contributed by atoms with Crippen molar-refractivity contribution in [2.45, 2.75) is 13.1 Å². The van der Waals surface area contributed by atoms with Gasteiger partial charge in [0.1, 0.15) is 5.69 Å². The smallest absolute Gasteiger partial charge is 0.416 e. The van der Waals surface area contributed by atoms with Crippen LogP contribution < -0.4 is 0 Å². The van der Waals surface area contributed by atoms with E-state index >= 15 is 0 Å². The molecule has 0 aliphatic carbocycles. The minimum atomic E-state index is -4.57. The van der Waals surface area contributed by atoms with E-state index in [2.05, 4.69) is 10.2 Å². The van der Waals surface area contributed by atoms with Gasteiger partial charge in [0.15, 0.2) is 5.69 Å². The summed E-state index contributed by atoms with van der Waals surface area (Å²) in [4.78, 5) is 12.0. The first-order valence-corrected chi connectivity index (χ1v) is 11.5. The fourth-order valence-electron chi connectivity index (χ4n) is 4.40. The lowest BCUT2D eigenvalue weighted by atomic mass is 10.0. The van der Waals surface area contributed by atoms with Crippen LogP contribution in [0.2, 0.25) is 0 Å². The quantitative estimate of drug-likeness (QED) is 0.230. The Morgan fingerprint density at radius 1 is 0.842 bits per heavy atom. The van der Waals surface area contributed by atoms with Crippen molar-refractivity contribution >= 4 is 28.2 Å². The molecule has 5 aromatic rings. The second-order valence-electron chi connectivity index (χ2n) is 8.59. The molecule has 38 heavy (non-hydrogen) atoms. The number of rotatable bonds is 5. The Hall–Kier alpha value is -4.92. The Bertz CT molecular complexity index is 1710. The van der Waals surface area contributed by atoms with Crippen molar-refractivity contribution in [3.8, 4) is 22.7 Å². The van der Waals surface area contributed by atoms with Crippen LogP contribution >= 0.6 is 0 Å². The van der Waals surface area contributed by atoms with E-state index in [1.807, 2.05) is 6.07 Å². The predicted molar refractivity (Wildman–Crippen MR) is 138 cm³/mol. The number of aryl methyl sites for hydroxylation is 1. The van der Waals surface area contributed by atoms with Crippen LogP contribution in [-0.4, -0.2) is 20.7 Å². The van der Waals surface area contributed by atoms with Gasteiger partial charge in [-0.25, -0.2) is 4.79 Å². The zero-order chi connectivity index (χ0) is 27.0. The maximum atomic E-state index is 13.6. The van der Waals surface area contributed by atoms with E-state index in [0.29, 0.717) is 16.5 Å². The number of hydrogen-bond donors (Lipinski definition) is 2. The van der Waals surface area contributed by atoms with E-state index in [1.54, 1.807) is 60.7 Å². The van der Waals surface area contributed by atoms with Crippen LogP contribution in [0.25, 0.3) is 27.7 Å². The molecule has 0 fully saturated rings. The van der Waals surface area contributed by atoms with Crippen molar-refractivity contribution in [3.05, 3.63) is 108 Å². The molecule has 0 saturated carbocycles. The number of halogens is 3. The summed E-state index contributed by atoms with van der Waals surface area (Å²) in [5.41, 5.74) is 0.952. The van der Waals surface area contributed by atoms with Crippen molar-refractivity contribution in [1.29, 1.82) is 0 Å². The highest BCUT2D eigenvalue weighted by Crippen LogP contribution is 2.44. The molecule has 6 nitrogen and oxygen atoms in total. The molecule has 0 atom stereocenters. The first-order valence-electron chi connectivity index (χ1n) is 11.5. The lowest BCUT2D eigenvalue weighted by Gasteiger charge is -2.14. The summed E-state index contributed by atoms with van der Waals surface area (Å²) in [6, 6.07) is 24.2. The number of para-hydroxylation sites is 1. The third-order valence-corrected chi connectivity index (χ3v) is 6.21. The zero-order valence-electron chi connectivity index (χ0n) is 19.9. The standard InChI is InChI=1S/C29H20F3N3O3/c1-17-14-15-19(16-23(17)29(30,31)32)35-24-13-6-5-10-21(24)26(27(35)36)34-33-25-20(18-8-3-2-4-9-18)11-7-12-22(25)28(37)38/h2-16,36H,1H3,(H,37,38). The second-order valence-corrected chi connectivity index (χ2v) is 8.59. The van der Waals surface area contributed by atoms with Crippen LogP contribution in [0.15, 0.2) is 101 Å². The van der Waals surface area contributed by atoms with Crippen LogP contribution in [0.3, 0.4) is 0 Å². The third-order valence-electron chi connectivity index (χ3n) is 6.21. The van der Waals surface area contributed by atoms with Crippen LogP contribution in [-0.2, 0) is 6.18 Å². The molecule has 190 valence electrons. The number of carboxylic acids is 1. The molecular weight excluding hydrogens is 495 g/mol. The molecule has 9 heteroatoms. The van der Waals surface area contributed by atoms with E-state index in [4.69, 9.17) is 0 Å². The lowest BCUT2D eigenvalue weighted by Crippen LogP contribution is -2.08. The number of carbonyl (C=O) groups is 1. The van der Waals surface area contributed by atoms with E-state index in [9.17, 15) is 28.2 Å². The molecule has 0 saturated heterocycles. The maximum absolute atomic E-state index is 13.6. The van der Waals surface area contributed by atoms with Crippen molar-refractivity contribution < 1.29 is 28.2 Å². The van der Waals surface area contributed by atoms with Crippen molar-refractivity contribution in [2.75, 3.05) is 0 Å². The number of benzene rings is 4. The number of aromatic nitrogens is 1. The third kappa shape index (κ3) is 4.39. The van der Waals surface area contributed by atoms with E-state index in [-0.39, 0.29) is 28.2 Å². The van der Waals surface area contributed by atoms with Gasteiger partial charge in [0.2, 0.25) is 5.88 Å². The molecule has 0 amide bonds. The summed E-state index contributed by atoms with van der Waals surface area (Å²) in [5.74, 6) is -1.64. The Kier molecular flexibility index (Phi) is 6.20. The molecule has 4 aromatic carbocycles. The van der Waals surface area contributed by atoms with Gasteiger partial charge in [-0.3, -0.25) is 4.57 Å². The topological polar surface area (TPSA) is 87.2 Å². The van der Waals surface area contributed by atoms with Gasteiger partial charge in [-0.2, -0.15) is 13.2 Å². The Morgan fingerprint density at radius 2 is 1.53 bits per heavy atom. The molecular formula is C29H20F3N3O3. The molecule has 1 aromatic heterocycles. The summed E-state index contributed by atoms with van der Waals surface area (Å²) in [6.07, 6.45) is -4.57. The molecule has 0 aliphatic rings. The van der Waals surface area contributed by atoms with Crippen LogP contribution in [0.1, 0.15) is 21.5 Å². The number of hydrogen-bond acceptors (Lipinski definition) is 4. The molecule has 5 rings (SSSR count). The summed E-state index contributed by atoms with van der Waals surface area (Å²) in [7, 11) is 0. The summed E-state index contributed by atoms with van der Waals surface area (Å²) in [6.45, 7) is 1.37. The number of alkyl halides is 3. The van der Waals surface area contributed by atoms with Crippen LogP contribution in [0.4, 0.5) is 24.5 Å². The predicted octanol–water partition coefficient (Wildman–Crippen LogP) is 8.44. The highest BCUT2D eigenvalue weighted by atomic mass is 19.4. The second kappa shape index (κ2) is 9.51. The number of azo groups is 1. The van der Waals surface area contributed by atoms with Crippen molar-refractivity contribution in [2.24, 2.45) is 10.2 Å². The van der Waals surface area contributed by atoms with Crippen molar-refractivity contribution in [1.82, 2.24) is 4.57 Å². The van der Waals surface area contributed by atoms with Gasteiger partial charge in [0, 0.05) is 16.6 Å². The fraction of sp³-hybridized carbons (Fsp3) is 0.0690. The maximum Gasteiger partial charge on any atom is 0.416 e. The molecule has 0 aliphatic heterocycles. The summed E-state index contributed by atoms with van der Waals surface area (Å²) in [5, 5.41) is 29.9. The van der Waals surface area contributed by atoms with E-state index < -0.39 is 23.6 Å². The van der Waals surface area contributed by atoms with E-state index in [1.165, 1.54) is 29.7 Å².